The average Bonchev–Trinajstić information content (AvgIpc) is 1.63. The zero-order valence-corrected chi connectivity index (χ0v) is 56.2. The molecule has 2 aliphatic heterocycles. The van der Waals surface area contributed by atoms with Gasteiger partial charge in [0.2, 0.25) is 5.69 Å². The fourth-order valence-corrected chi connectivity index (χ4v) is 12.9. The fourth-order valence-electron chi connectivity index (χ4n) is 12.3. The van der Waals surface area contributed by atoms with Crippen LogP contribution in [0.2, 0.25) is 0 Å². The molecular weight excluding hydrogens is 1100 g/mol. The Morgan fingerprint density at radius 3 is 1.84 bits per heavy atom. The maximum atomic E-state index is 11.7. The SMILES string of the molecule is C#CC#CC#CC#CC#CC#CC.CCCCCCN(CCCCCC)c1ccc(OC2=C(/C=C/C3=[N+](CCCCS(=O)(=O)[O-])c4ccc5ccccc5c4C3(C)C)CCC/C2=C\C=C2\N(CCCCC)c3ccc4ccccc4c3C2(C)C)cc1.[Na+]. The van der Waals surface area contributed by atoms with Crippen molar-refractivity contribution in [3.8, 4) is 77.3 Å². The van der Waals surface area contributed by atoms with Gasteiger partial charge in [0.1, 0.15) is 18.1 Å². The number of unbranched alkanes of at least 4 members (excludes halogenated alkanes) is 9. The molecule has 0 fully saturated rings. The smallest absolute Gasteiger partial charge is 0.748 e. The van der Waals surface area contributed by atoms with Gasteiger partial charge in [0.05, 0.1) is 15.5 Å². The number of ether oxygens (including phenoxy) is 1. The second-order valence-corrected chi connectivity index (χ2v) is 25.0. The standard InChI is InChI=1S/C65H83N3O4S.C13H4.Na/c1-8-11-14-21-44-66(45-22-15-12-9-2)53-36-38-54(39-37-53)72-63-51(34-42-59-64(4,5)61-55-30-18-16-26-49(55)32-40-57(61)67(59)46-20-13-10-3)28-25-29-52(63)35-43-60-65(6,7)62-56-31-19-17-27-50(56)33-41-58(62)68(60)47-23-24-48-73(69,70)71;1-3-5-7-9-11-13-12-10-8-6-4-2;/h16-19,26-27,30-43H,8-15,20-25,28-29,44-48H2,1-7H3;1H,2H3;/q;;+1. The number of nitrogens with zero attached hydrogens (tertiary/aromatic N) is 3. The minimum atomic E-state index is -4.30. The molecule has 1 aliphatic carbocycles. The summed E-state index contributed by atoms with van der Waals surface area (Å²) in [5.41, 5.74) is 10.6. The summed E-state index contributed by atoms with van der Waals surface area (Å²) < 4.78 is 44.6. The Morgan fingerprint density at radius 1 is 0.644 bits per heavy atom. The van der Waals surface area contributed by atoms with Gasteiger partial charge in [-0.3, -0.25) is 0 Å². The molecule has 8 rings (SSSR count). The molecule has 0 spiro atoms. The van der Waals surface area contributed by atoms with Crippen molar-refractivity contribution in [1.29, 1.82) is 0 Å². The van der Waals surface area contributed by atoms with Crippen molar-refractivity contribution < 1.29 is 51.8 Å². The summed E-state index contributed by atoms with van der Waals surface area (Å²) in [4.78, 5) is 5.18. The molecule has 0 saturated heterocycles. The summed E-state index contributed by atoms with van der Waals surface area (Å²) in [5, 5.41) is 5.02. The Labute approximate surface area is 545 Å². The van der Waals surface area contributed by atoms with Gasteiger partial charge in [-0.15, -0.1) is 6.42 Å². The molecule has 5 aromatic carbocycles. The average molecular weight is 1190 g/mol. The molecule has 0 bridgehead atoms. The zero-order chi connectivity index (χ0) is 61.4. The van der Waals surface area contributed by atoms with Crippen molar-refractivity contribution in [3.63, 3.8) is 0 Å². The monoisotopic (exact) mass is 1180 g/mol. The van der Waals surface area contributed by atoms with Gasteiger partial charge in [-0.1, -0.05) is 153 Å². The van der Waals surface area contributed by atoms with Crippen LogP contribution in [0.3, 0.4) is 0 Å². The number of terminal acetylenes is 1. The Bertz CT molecular complexity index is 3850. The topological polar surface area (TPSA) is 75.9 Å². The largest absolute Gasteiger partial charge is 1.00 e. The van der Waals surface area contributed by atoms with Crippen LogP contribution in [0.1, 0.15) is 169 Å². The molecule has 7 nitrogen and oxygen atoms in total. The van der Waals surface area contributed by atoms with Crippen LogP contribution in [0, 0.1) is 71.5 Å². The van der Waals surface area contributed by atoms with E-state index in [1.54, 1.807) is 6.92 Å². The number of allylic oxidation sites excluding steroid dienone is 7. The maximum absolute atomic E-state index is 11.7. The van der Waals surface area contributed by atoms with E-state index < -0.39 is 10.1 Å². The van der Waals surface area contributed by atoms with E-state index in [-0.39, 0.29) is 46.1 Å². The van der Waals surface area contributed by atoms with E-state index in [0.29, 0.717) is 19.4 Å². The minimum Gasteiger partial charge on any atom is -0.748 e. The predicted molar refractivity (Wildman–Crippen MR) is 362 cm³/mol. The first kappa shape index (κ1) is 69.0. The predicted octanol–water partition coefficient (Wildman–Crippen LogP) is 14.2. The Hall–Kier alpha value is -7.08. The third-order valence-corrected chi connectivity index (χ3v) is 17.4. The molecule has 3 aliphatic rings. The Morgan fingerprint density at radius 2 is 1.23 bits per heavy atom. The summed E-state index contributed by atoms with van der Waals surface area (Å²) in [6, 6.07) is 35.4. The van der Waals surface area contributed by atoms with E-state index >= 15 is 0 Å². The van der Waals surface area contributed by atoms with Crippen molar-refractivity contribution in [2.24, 2.45) is 0 Å². The van der Waals surface area contributed by atoms with Crippen LogP contribution in [0.5, 0.6) is 5.75 Å². The van der Waals surface area contributed by atoms with Crippen molar-refractivity contribution in [3.05, 3.63) is 155 Å². The number of rotatable bonds is 25. The van der Waals surface area contributed by atoms with Crippen LogP contribution in [-0.2, 0) is 20.9 Å². The molecule has 2 heterocycles. The molecule has 0 saturated carbocycles. The summed E-state index contributed by atoms with van der Waals surface area (Å²) in [7, 11) is -4.30. The van der Waals surface area contributed by atoms with E-state index in [9.17, 15) is 13.0 Å². The van der Waals surface area contributed by atoms with Gasteiger partial charge >= 0.3 is 29.6 Å². The Balaban J connectivity index is 0.000000772. The number of hydrogen-bond donors (Lipinski definition) is 0. The number of fused-ring (bicyclic) bond motifs is 6. The molecule has 5 aromatic rings. The Kier molecular flexibility index (Phi) is 27.3. The van der Waals surface area contributed by atoms with Gasteiger partial charge < -0.3 is 19.1 Å². The zero-order valence-electron chi connectivity index (χ0n) is 53.4. The van der Waals surface area contributed by atoms with Crippen LogP contribution in [-0.4, -0.2) is 55.2 Å². The van der Waals surface area contributed by atoms with Gasteiger partial charge in [-0.05, 0) is 212 Å². The summed E-state index contributed by atoms with van der Waals surface area (Å²) in [6.45, 7) is 21.7. The van der Waals surface area contributed by atoms with Crippen molar-refractivity contribution in [2.75, 3.05) is 41.7 Å². The normalized spacial score (nSPS) is 15.2. The number of benzene rings is 5. The van der Waals surface area contributed by atoms with Crippen molar-refractivity contribution in [2.45, 2.75) is 169 Å². The third kappa shape index (κ3) is 18.7. The minimum absolute atomic E-state index is 0. The van der Waals surface area contributed by atoms with E-state index in [1.165, 1.54) is 120 Å². The summed E-state index contributed by atoms with van der Waals surface area (Å²) in [6.07, 6.45) is 31.4. The van der Waals surface area contributed by atoms with Crippen LogP contribution in [0.4, 0.5) is 17.1 Å². The van der Waals surface area contributed by atoms with Gasteiger partial charge in [0, 0.05) is 72.0 Å². The third-order valence-electron chi connectivity index (χ3n) is 16.6. The van der Waals surface area contributed by atoms with E-state index in [4.69, 9.17) is 11.2 Å². The molecule has 0 amide bonds. The second-order valence-electron chi connectivity index (χ2n) is 23.5. The molecule has 0 unspecified atom stereocenters. The first-order valence-corrected chi connectivity index (χ1v) is 32.9. The van der Waals surface area contributed by atoms with E-state index in [2.05, 4.69) is 249 Å². The van der Waals surface area contributed by atoms with Gasteiger partial charge in [0.25, 0.3) is 0 Å². The van der Waals surface area contributed by atoms with Gasteiger partial charge in [0.15, 0.2) is 5.71 Å². The molecule has 0 atom stereocenters. The summed E-state index contributed by atoms with van der Waals surface area (Å²) in [5.74, 6) is 28.3. The second kappa shape index (κ2) is 34.5. The molecule has 0 aromatic heterocycles. The maximum Gasteiger partial charge on any atom is 1.00 e. The fraction of sp³-hybridized carbons (Fsp3) is 0.397. The van der Waals surface area contributed by atoms with Gasteiger partial charge in [-0.2, -0.15) is 4.58 Å². The first-order valence-electron chi connectivity index (χ1n) is 31.3. The van der Waals surface area contributed by atoms with E-state index in [0.717, 1.165) is 73.8 Å². The van der Waals surface area contributed by atoms with Crippen LogP contribution in [0.15, 0.2) is 144 Å². The molecule has 87 heavy (non-hydrogen) atoms. The molecule has 0 radical (unpaired) electrons. The van der Waals surface area contributed by atoms with Crippen molar-refractivity contribution >= 4 is 54.4 Å². The number of anilines is 2. The molecule has 9 heteroatoms. The molecular formula is C78H87N3NaO4S+. The van der Waals surface area contributed by atoms with Crippen LogP contribution in [0.25, 0.3) is 21.5 Å². The van der Waals surface area contributed by atoms with Crippen molar-refractivity contribution in [1.82, 2.24) is 0 Å². The molecule has 444 valence electrons. The van der Waals surface area contributed by atoms with Gasteiger partial charge in [-0.25, -0.2) is 8.42 Å². The van der Waals surface area contributed by atoms with Crippen LogP contribution < -0.4 is 44.1 Å². The van der Waals surface area contributed by atoms with Crippen LogP contribution >= 0.6 is 0 Å². The number of hydrogen-bond acceptors (Lipinski definition) is 6. The molecule has 0 N–H and O–H groups in total. The quantitative estimate of drug-likeness (QED) is 0.0191. The summed E-state index contributed by atoms with van der Waals surface area (Å²) >= 11 is 0. The van der Waals surface area contributed by atoms with E-state index in [1.807, 2.05) is 0 Å². The first-order chi connectivity index (χ1) is 41.7.